The summed E-state index contributed by atoms with van der Waals surface area (Å²) in [6.07, 6.45) is 0. The van der Waals surface area contributed by atoms with Gasteiger partial charge in [0, 0.05) is 0 Å². The van der Waals surface area contributed by atoms with Gasteiger partial charge in [-0.15, -0.1) is 0 Å². The molecule has 0 bridgehead atoms. The molecule has 0 unspecified atom stereocenters. The van der Waals surface area contributed by atoms with Crippen molar-refractivity contribution in [3.63, 3.8) is 0 Å². The van der Waals surface area contributed by atoms with Crippen molar-refractivity contribution in [1.82, 2.24) is 0 Å². The molecule has 12 heavy (non-hydrogen) atoms. The minimum absolute atomic E-state index is 0. The summed E-state index contributed by atoms with van der Waals surface area (Å²) < 4.78 is 0. The lowest BCUT2D eigenvalue weighted by atomic mass is 10.7. The molecule has 0 atom stereocenters. The van der Waals surface area contributed by atoms with Gasteiger partial charge in [-0.3, -0.25) is 19.0 Å². The minimum atomic E-state index is -0.468. The zero-order valence-electron chi connectivity index (χ0n) is 6.36. The predicted octanol–water partition coefficient (Wildman–Crippen LogP) is -2.83. The molecule has 0 heterocycles. The molecular formula is C4H14F2N4O2. The number of carbonyl (C=O) groups is 2. The summed E-state index contributed by atoms with van der Waals surface area (Å²) in [4.78, 5) is 18.9. The van der Waals surface area contributed by atoms with Gasteiger partial charge in [-0.25, -0.2) is 0 Å². The molecular weight excluding hydrogens is 174 g/mol. The fourth-order valence-electron chi connectivity index (χ4n) is 0. The van der Waals surface area contributed by atoms with Crippen LogP contribution in [-0.4, -0.2) is 24.9 Å². The zero-order valence-corrected chi connectivity index (χ0v) is 6.36. The molecule has 0 rings (SSSR count). The monoisotopic (exact) mass is 188 g/mol. The normalized spacial score (nSPS) is 6.17. The second-order valence-electron chi connectivity index (χ2n) is 1.34. The quantitative estimate of drug-likeness (QED) is 0.371. The van der Waals surface area contributed by atoms with Crippen LogP contribution in [0, 0.1) is 0 Å². The van der Waals surface area contributed by atoms with E-state index in [1.807, 2.05) is 0 Å². The number of hydrogen-bond donors (Lipinski definition) is 4. The molecule has 0 fully saturated rings. The summed E-state index contributed by atoms with van der Waals surface area (Å²) in [6.45, 7) is -0.111. The van der Waals surface area contributed by atoms with Crippen molar-refractivity contribution in [2.75, 3.05) is 13.1 Å². The Bertz CT molecular complexity index is 108. The minimum Gasteiger partial charge on any atom is -0.369 e. The first-order valence-electron chi connectivity index (χ1n) is 2.51. The molecule has 0 aromatic rings. The Morgan fingerprint density at radius 3 is 0.917 bits per heavy atom. The van der Waals surface area contributed by atoms with E-state index < -0.39 is 11.8 Å². The van der Waals surface area contributed by atoms with Crippen LogP contribution in [0.25, 0.3) is 0 Å². The zero-order chi connectivity index (χ0) is 8.57. The molecule has 8 N–H and O–H groups in total. The highest BCUT2D eigenvalue weighted by Crippen LogP contribution is 1.36. The van der Waals surface area contributed by atoms with Crippen molar-refractivity contribution in [3.05, 3.63) is 0 Å². The second kappa shape index (κ2) is 16.4. The maximum absolute atomic E-state index is 9.47. The number of primary amides is 2. The van der Waals surface area contributed by atoms with Crippen molar-refractivity contribution in [3.8, 4) is 0 Å². The molecule has 6 nitrogen and oxygen atoms in total. The van der Waals surface area contributed by atoms with E-state index in [0.29, 0.717) is 0 Å². The van der Waals surface area contributed by atoms with Gasteiger partial charge >= 0.3 is 0 Å². The number of carbonyl (C=O) groups excluding carboxylic acids is 2. The molecule has 8 heteroatoms. The lowest BCUT2D eigenvalue weighted by Gasteiger charge is -1.74. The van der Waals surface area contributed by atoms with Crippen LogP contribution in [0.15, 0.2) is 0 Å². The Balaban J connectivity index is -0.0000000457. The molecule has 0 spiro atoms. The third-order valence-electron chi connectivity index (χ3n) is 0.402. The Labute approximate surface area is 68.0 Å². The highest BCUT2D eigenvalue weighted by atomic mass is 19.0. The predicted molar refractivity (Wildman–Crippen MR) is 41.5 cm³/mol. The van der Waals surface area contributed by atoms with Crippen LogP contribution in [0.5, 0.6) is 0 Å². The van der Waals surface area contributed by atoms with Gasteiger partial charge in [-0.1, -0.05) is 0 Å². The van der Waals surface area contributed by atoms with Gasteiger partial charge in [-0.05, 0) is 0 Å². The van der Waals surface area contributed by atoms with E-state index in [9.17, 15) is 9.59 Å². The molecule has 0 radical (unpaired) electrons. The maximum atomic E-state index is 9.47. The van der Waals surface area contributed by atoms with Crippen molar-refractivity contribution in [2.24, 2.45) is 22.9 Å². The summed E-state index contributed by atoms with van der Waals surface area (Å²) in [5.41, 5.74) is 18.4. The fourth-order valence-corrected chi connectivity index (χ4v) is 0. The third kappa shape index (κ3) is 70.2. The van der Waals surface area contributed by atoms with Crippen molar-refractivity contribution >= 4 is 11.8 Å². The molecule has 0 aliphatic carbocycles. The number of hydrogen-bond acceptors (Lipinski definition) is 4. The molecule has 0 aromatic heterocycles. The summed E-state index contributed by atoms with van der Waals surface area (Å²) in [6, 6.07) is 0. The van der Waals surface area contributed by atoms with Crippen molar-refractivity contribution < 1.29 is 19.0 Å². The van der Waals surface area contributed by atoms with Gasteiger partial charge in [-0.2, -0.15) is 0 Å². The Kier molecular flexibility index (Phi) is 30.6. The van der Waals surface area contributed by atoms with Gasteiger partial charge in [0.1, 0.15) is 0 Å². The third-order valence-corrected chi connectivity index (χ3v) is 0.402. The molecule has 0 aromatic carbocycles. The van der Waals surface area contributed by atoms with Crippen LogP contribution in [0.1, 0.15) is 0 Å². The lowest BCUT2D eigenvalue weighted by molar-refractivity contribution is -0.117. The smallest absolute Gasteiger partial charge is 0.231 e. The van der Waals surface area contributed by atoms with E-state index in [1.165, 1.54) is 0 Å². The SMILES string of the molecule is F.F.NCC(N)=O.NCC(N)=O. The van der Waals surface area contributed by atoms with Gasteiger partial charge in [0.25, 0.3) is 0 Å². The second-order valence-corrected chi connectivity index (χ2v) is 1.34. The van der Waals surface area contributed by atoms with Crippen LogP contribution in [0.3, 0.4) is 0 Å². The molecule has 0 saturated heterocycles. The van der Waals surface area contributed by atoms with Crippen molar-refractivity contribution in [1.29, 1.82) is 0 Å². The number of amides is 2. The summed E-state index contributed by atoms with van der Waals surface area (Å²) in [7, 11) is 0. The van der Waals surface area contributed by atoms with Gasteiger partial charge in [0.05, 0.1) is 13.1 Å². The highest BCUT2D eigenvalue weighted by molar-refractivity contribution is 5.75. The fraction of sp³-hybridized carbons (Fsp3) is 0.500. The van der Waals surface area contributed by atoms with Crippen LogP contribution < -0.4 is 22.9 Å². The van der Waals surface area contributed by atoms with E-state index in [0.717, 1.165) is 0 Å². The molecule has 2 amide bonds. The number of nitrogens with two attached hydrogens (primary N) is 4. The summed E-state index contributed by atoms with van der Waals surface area (Å²) in [5, 5.41) is 0. The first kappa shape index (κ1) is 22.4. The lowest BCUT2D eigenvalue weighted by Crippen LogP contribution is -2.21. The van der Waals surface area contributed by atoms with Gasteiger partial charge < -0.3 is 22.9 Å². The first-order valence-corrected chi connectivity index (χ1v) is 2.51. The topological polar surface area (TPSA) is 138 Å². The molecule has 0 saturated carbocycles. The first-order chi connectivity index (χ1) is 4.54. The molecule has 0 aliphatic rings. The maximum Gasteiger partial charge on any atom is 0.231 e. The van der Waals surface area contributed by atoms with Crippen molar-refractivity contribution in [2.45, 2.75) is 0 Å². The van der Waals surface area contributed by atoms with Crippen LogP contribution in [-0.2, 0) is 9.59 Å². The van der Waals surface area contributed by atoms with Gasteiger partial charge in [0.2, 0.25) is 11.8 Å². The molecule has 76 valence electrons. The summed E-state index contributed by atoms with van der Waals surface area (Å²) in [5.74, 6) is -0.935. The number of halogens is 2. The standard InChI is InChI=1S/2C2H6N2O.2FH/c2*3-1-2(4)5;;/h2*1,3H2,(H2,4,5);2*1H. The largest absolute Gasteiger partial charge is 0.369 e. The molecule has 0 aliphatic heterocycles. The van der Waals surface area contributed by atoms with E-state index >= 15 is 0 Å². The average Bonchev–Trinajstić information content (AvgIpc) is 1.89. The van der Waals surface area contributed by atoms with E-state index in [4.69, 9.17) is 11.5 Å². The van der Waals surface area contributed by atoms with Gasteiger partial charge in [0.15, 0.2) is 0 Å². The van der Waals surface area contributed by atoms with E-state index in [1.54, 1.807) is 0 Å². The Morgan fingerprint density at radius 1 is 0.833 bits per heavy atom. The summed E-state index contributed by atoms with van der Waals surface area (Å²) >= 11 is 0. The van der Waals surface area contributed by atoms with Crippen LogP contribution >= 0.6 is 0 Å². The van der Waals surface area contributed by atoms with Crippen LogP contribution in [0.2, 0.25) is 0 Å². The Morgan fingerprint density at radius 2 is 0.917 bits per heavy atom. The van der Waals surface area contributed by atoms with E-state index in [2.05, 4.69) is 11.5 Å². The highest BCUT2D eigenvalue weighted by Gasteiger charge is 1.77. The Hall–Kier alpha value is -1.28. The van der Waals surface area contributed by atoms with E-state index in [-0.39, 0.29) is 22.5 Å². The average molecular weight is 188 g/mol. The van der Waals surface area contributed by atoms with Crippen LogP contribution in [0.4, 0.5) is 9.41 Å². The number of rotatable bonds is 2.